The first-order valence-corrected chi connectivity index (χ1v) is 5.47. The fraction of sp³-hybridized carbons (Fsp3) is 0.308. The summed E-state index contributed by atoms with van der Waals surface area (Å²) in [5, 5.41) is 9.69. The maximum Gasteiger partial charge on any atom is 0.309 e. The van der Waals surface area contributed by atoms with Crippen LogP contribution in [0.4, 0.5) is 0 Å². The predicted molar refractivity (Wildman–Crippen MR) is 67.5 cm³/mol. The molecule has 1 rings (SSSR count). The van der Waals surface area contributed by atoms with Crippen LogP contribution < -0.4 is 0 Å². The van der Waals surface area contributed by atoms with E-state index in [0.29, 0.717) is 11.9 Å². The van der Waals surface area contributed by atoms with E-state index in [2.05, 4.69) is 11.6 Å². The second kappa shape index (κ2) is 6.54. The summed E-state index contributed by atoms with van der Waals surface area (Å²) in [7, 11) is 0. The minimum absolute atomic E-state index is 0.0921. The van der Waals surface area contributed by atoms with Gasteiger partial charge >= 0.3 is 5.97 Å². The third-order valence-electron chi connectivity index (χ3n) is 2.30. The van der Waals surface area contributed by atoms with Crippen molar-refractivity contribution in [1.82, 2.24) is 0 Å². The highest BCUT2D eigenvalue weighted by molar-refractivity contribution is 5.93. The highest BCUT2D eigenvalue weighted by Gasteiger charge is 2.15. The van der Waals surface area contributed by atoms with E-state index in [1.807, 2.05) is 0 Å². The molecule has 1 atom stereocenters. The molecular weight excluding hydrogens is 234 g/mol. The zero-order valence-electron chi connectivity index (χ0n) is 10.1. The number of nitrogens with zero attached hydrogens (tertiary/aromatic N) is 1. The molecule has 0 aliphatic carbocycles. The van der Waals surface area contributed by atoms with Crippen LogP contribution in [-0.4, -0.2) is 36.2 Å². The number of allylic oxidation sites excluding steroid dienone is 1. The van der Waals surface area contributed by atoms with Gasteiger partial charge in [0, 0.05) is 11.8 Å². The van der Waals surface area contributed by atoms with Crippen LogP contribution in [0.1, 0.15) is 13.3 Å². The van der Waals surface area contributed by atoms with E-state index in [-0.39, 0.29) is 30.4 Å². The fourth-order valence-corrected chi connectivity index (χ4v) is 1.39. The molecule has 96 valence electrons. The third-order valence-corrected chi connectivity index (χ3v) is 2.30. The van der Waals surface area contributed by atoms with Gasteiger partial charge in [-0.1, -0.05) is 6.08 Å². The first-order valence-electron chi connectivity index (χ1n) is 5.47. The van der Waals surface area contributed by atoms with Crippen molar-refractivity contribution in [2.24, 2.45) is 4.99 Å². The summed E-state index contributed by atoms with van der Waals surface area (Å²) >= 11 is 0. The topological polar surface area (TPSA) is 76.0 Å². The summed E-state index contributed by atoms with van der Waals surface area (Å²) in [6.45, 7) is 5.08. The van der Waals surface area contributed by atoms with E-state index in [1.54, 1.807) is 6.92 Å². The summed E-state index contributed by atoms with van der Waals surface area (Å²) in [6, 6.07) is -0.235. The SMILES string of the molecule is C=CCC(=O)OCC1=C(C=O)C(O)=CC(C)N=C1. The number of hydrogen-bond donors (Lipinski definition) is 1. The Bertz CT molecular complexity index is 446. The number of aldehydes is 1. The highest BCUT2D eigenvalue weighted by atomic mass is 16.5. The Balaban J connectivity index is 2.86. The predicted octanol–water partition coefficient (Wildman–Crippen LogP) is 1.52. The molecule has 1 N–H and O–H groups in total. The first kappa shape index (κ1) is 13.9. The second-order valence-electron chi connectivity index (χ2n) is 3.78. The molecule has 0 aromatic rings. The van der Waals surface area contributed by atoms with Gasteiger partial charge in [-0.2, -0.15) is 0 Å². The summed E-state index contributed by atoms with van der Waals surface area (Å²) in [5.41, 5.74) is 0.468. The van der Waals surface area contributed by atoms with Crippen molar-refractivity contribution in [2.45, 2.75) is 19.4 Å². The molecular formula is C13H15NO4. The van der Waals surface area contributed by atoms with Crippen molar-refractivity contribution < 1.29 is 19.4 Å². The average molecular weight is 249 g/mol. The van der Waals surface area contributed by atoms with Crippen LogP contribution in [0.2, 0.25) is 0 Å². The molecule has 0 aromatic heterocycles. The molecule has 0 amide bonds. The van der Waals surface area contributed by atoms with Gasteiger partial charge in [-0.25, -0.2) is 0 Å². The van der Waals surface area contributed by atoms with Crippen LogP contribution in [0.5, 0.6) is 0 Å². The van der Waals surface area contributed by atoms with Crippen LogP contribution in [-0.2, 0) is 14.3 Å². The van der Waals surface area contributed by atoms with Gasteiger partial charge in [-0.15, -0.1) is 6.58 Å². The maximum absolute atomic E-state index is 11.2. The van der Waals surface area contributed by atoms with Crippen molar-refractivity contribution in [2.75, 3.05) is 6.61 Å². The van der Waals surface area contributed by atoms with Crippen LogP contribution in [0, 0.1) is 0 Å². The summed E-state index contributed by atoms with van der Waals surface area (Å²) in [4.78, 5) is 26.2. The van der Waals surface area contributed by atoms with E-state index in [4.69, 9.17) is 4.74 Å². The van der Waals surface area contributed by atoms with Gasteiger partial charge in [0.2, 0.25) is 0 Å². The van der Waals surface area contributed by atoms with Crippen molar-refractivity contribution in [1.29, 1.82) is 0 Å². The third kappa shape index (κ3) is 3.69. The quantitative estimate of drug-likeness (QED) is 0.455. The molecule has 1 aliphatic heterocycles. The number of aliphatic hydroxyl groups excluding tert-OH is 1. The van der Waals surface area contributed by atoms with Gasteiger partial charge in [-0.3, -0.25) is 14.6 Å². The van der Waals surface area contributed by atoms with Gasteiger partial charge in [0.25, 0.3) is 0 Å². The van der Waals surface area contributed by atoms with Gasteiger partial charge in [0.15, 0.2) is 6.29 Å². The molecule has 5 heteroatoms. The van der Waals surface area contributed by atoms with Crippen molar-refractivity contribution in [3.05, 3.63) is 35.6 Å². The van der Waals surface area contributed by atoms with Gasteiger partial charge in [-0.05, 0) is 13.0 Å². The summed E-state index contributed by atoms with van der Waals surface area (Å²) in [6.07, 6.45) is 4.94. The number of ether oxygens (including phenoxy) is 1. The monoisotopic (exact) mass is 249 g/mol. The molecule has 0 radical (unpaired) electrons. The standard InChI is InChI=1S/C13H15NO4/c1-3-4-13(17)18-8-10-6-14-9(2)5-12(16)11(10)7-15/h3,5-7,9,16H,1,4,8H2,2H3. The van der Waals surface area contributed by atoms with E-state index >= 15 is 0 Å². The van der Waals surface area contributed by atoms with Crippen LogP contribution in [0.25, 0.3) is 0 Å². The minimum atomic E-state index is -0.447. The smallest absolute Gasteiger partial charge is 0.309 e. The Morgan fingerprint density at radius 3 is 3.00 bits per heavy atom. The first-order chi connectivity index (χ1) is 8.58. The second-order valence-corrected chi connectivity index (χ2v) is 3.78. The summed E-state index contributed by atoms with van der Waals surface area (Å²) in [5.74, 6) is -0.596. The molecule has 1 heterocycles. The Kier molecular flexibility index (Phi) is 5.05. The molecule has 0 bridgehead atoms. The number of hydrogen-bond acceptors (Lipinski definition) is 5. The normalized spacial score (nSPS) is 18.9. The number of rotatable bonds is 5. The molecule has 1 aliphatic rings. The number of aliphatic hydroxyl groups is 1. The van der Waals surface area contributed by atoms with E-state index in [9.17, 15) is 14.7 Å². The number of carbonyl (C=O) groups excluding carboxylic acids is 2. The zero-order chi connectivity index (χ0) is 13.5. The van der Waals surface area contributed by atoms with Gasteiger partial charge in [0.1, 0.15) is 12.4 Å². The number of carbonyl (C=O) groups is 2. The molecule has 0 aromatic carbocycles. The maximum atomic E-state index is 11.2. The fourth-order valence-electron chi connectivity index (χ4n) is 1.39. The van der Waals surface area contributed by atoms with Crippen molar-refractivity contribution >= 4 is 18.5 Å². The van der Waals surface area contributed by atoms with Gasteiger partial charge < -0.3 is 9.84 Å². The van der Waals surface area contributed by atoms with Crippen molar-refractivity contribution in [3.63, 3.8) is 0 Å². The van der Waals surface area contributed by atoms with E-state index < -0.39 is 5.97 Å². The summed E-state index contributed by atoms with van der Waals surface area (Å²) < 4.78 is 4.94. The van der Waals surface area contributed by atoms with E-state index in [0.717, 1.165) is 0 Å². The number of aliphatic imine (C=N–C) groups is 1. The van der Waals surface area contributed by atoms with Gasteiger partial charge in [0.05, 0.1) is 18.0 Å². The Labute approximate surface area is 105 Å². The Morgan fingerprint density at radius 1 is 1.67 bits per heavy atom. The largest absolute Gasteiger partial charge is 0.507 e. The van der Waals surface area contributed by atoms with Crippen molar-refractivity contribution in [3.8, 4) is 0 Å². The highest BCUT2D eigenvalue weighted by Crippen LogP contribution is 2.15. The number of esters is 1. The lowest BCUT2D eigenvalue weighted by molar-refractivity contribution is -0.141. The molecule has 0 spiro atoms. The Hall–Kier alpha value is -2.17. The average Bonchev–Trinajstić information content (AvgIpc) is 2.45. The minimum Gasteiger partial charge on any atom is -0.507 e. The zero-order valence-corrected chi connectivity index (χ0v) is 10.1. The molecule has 18 heavy (non-hydrogen) atoms. The lowest BCUT2D eigenvalue weighted by atomic mass is 10.1. The van der Waals surface area contributed by atoms with E-state index in [1.165, 1.54) is 18.4 Å². The van der Waals surface area contributed by atoms with Crippen LogP contribution in [0.3, 0.4) is 0 Å². The lowest BCUT2D eigenvalue weighted by Crippen LogP contribution is -2.10. The van der Waals surface area contributed by atoms with Crippen LogP contribution >= 0.6 is 0 Å². The lowest BCUT2D eigenvalue weighted by Gasteiger charge is -2.06. The van der Waals surface area contributed by atoms with Crippen LogP contribution in [0.15, 0.2) is 40.6 Å². The molecule has 0 saturated heterocycles. The molecule has 0 fully saturated rings. The Morgan fingerprint density at radius 2 is 2.39 bits per heavy atom. The molecule has 5 nitrogen and oxygen atoms in total. The molecule has 1 unspecified atom stereocenters. The molecule has 0 saturated carbocycles.